The fraction of sp³-hybridized carbons (Fsp3) is 0.529. The van der Waals surface area contributed by atoms with Gasteiger partial charge in [-0.3, -0.25) is 9.69 Å². The van der Waals surface area contributed by atoms with Gasteiger partial charge < -0.3 is 20.0 Å². The Morgan fingerprint density at radius 3 is 2.64 bits per heavy atom. The molecule has 3 atom stereocenters. The standard InChI is InChI=1S/C17H23N3O7S/c1-3-4-5-12(10-27-20(24)25)19(17(22)23)15-14(28-16(21)18-15)11-6-8-13(26-2)9-7-11/h6-9,12,14-15H,3-5,10H2,1-2H3,(H,18,21)(H,22,23)/t12-,14?,15+/m0/s1. The number of carboxylic acid groups (broad SMARTS) is 1. The van der Waals surface area contributed by atoms with Crippen molar-refractivity contribution < 1.29 is 29.4 Å². The molecule has 2 N–H and O–H groups in total. The van der Waals surface area contributed by atoms with Crippen LogP contribution in [0, 0.1) is 10.1 Å². The molecule has 28 heavy (non-hydrogen) atoms. The number of amides is 2. The highest BCUT2D eigenvalue weighted by molar-refractivity contribution is 8.14. The van der Waals surface area contributed by atoms with E-state index in [9.17, 15) is 24.8 Å². The third-order valence-electron chi connectivity index (χ3n) is 4.41. The Morgan fingerprint density at radius 1 is 1.43 bits per heavy atom. The van der Waals surface area contributed by atoms with E-state index in [1.807, 2.05) is 6.92 Å². The van der Waals surface area contributed by atoms with E-state index in [0.717, 1.165) is 28.6 Å². The molecule has 0 spiro atoms. The molecule has 1 aliphatic heterocycles. The van der Waals surface area contributed by atoms with Crippen molar-refractivity contribution in [3.8, 4) is 5.75 Å². The van der Waals surface area contributed by atoms with Gasteiger partial charge in [-0.2, -0.15) is 0 Å². The second-order valence-electron chi connectivity index (χ2n) is 6.19. The lowest BCUT2D eigenvalue weighted by molar-refractivity contribution is -0.758. The summed E-state index contributed by atoms with van der Waals surface area (Å²) in [6, 6.07) is 6.21. The number of methoxy groups -OCH3 is 1. The van der Waals surface area contributed by atoms with Crippen LogP contribution in [0.25, 0.3) is 0 Å². The lowest BCUT2D eigenvalue weighted by Crippen LogP contribution is -2.54. The number of nitrogens with zero attached hydrogens (tertiary/aromatic N) is 2. The molecule has 2 rings (SSSR count). The third kappa shape index (κ3) is 5.41. The van der Waals surface area contributed by atoms with Crippen LogP contribution >= 0.6 is 11.8 Å². The molecule has 2 amide bonds. The number of carbonyl (C=O) groups excluding carboxylic acids is 1. The van der Waals surface area contributed by atoms with Gasteiger partial charge in [0.1, 0.15) is 18.5 Å². The minimum Gasteiger partial charge on any atom is -0.497 e. The first-order chi connectivity index (χ1) is 13.4. The van der Waals surface area contributed by atoms with E-state index in [-0.39, 0.29) is 5.24 Å². The molecular weight excluding hydrogens is 390 g/mol. The summed E-state index contributed by atoms with van der Waals surface area (Å²) < 4.78 is 5.13. The molecule has 0 aromatic heterocycles. The summed E-state index contributed by atoms with van der Waals surface area (Å²) in [5.74, 6) is 0.637. The second-order valence-corrected chi connectivity index (χ2v) is 7.31. The first-order valence-corrected chi connectivity index (χ1v) is 9.65. The molecule has 1 saturated heterocycles. The Balaban J connectivity index is 2.31. The normalized spacial score (nSPS) is 19.6. The number of hydrogen-bond donors (Lipinski definition) is 2. The zero-order chi connectivity index (χ0) is 20.7. The maximum atomic E-state index is 12.1. The van der Waals surface area contributed by atoms with Crippen LogP contribution in [0.4, 0.5) is 9.59 Å². The summed E-state index contributed by atoms with van der Waals surface area (Å²) in [6.45, 7) is 1.54. The van der Waals surface area contributed by atoms with Gasteiger partial charge >= 0.3 is 6.09 Å². The molecular formula is C17H23N3O7S. The molecule has 0 radical (unpaired) electrons. The Bertz CT molecular complexity index is 700. The molecule has 0 saturated carbocycles. The van der Waals surface area contributed by atoms with Crippen molar-refractivity contribution in [2.24, 2.45) is 0 Å². The van der Waals surface area contributed by atoms with Gasteiger partial charge in [0.2, 0.25) is 0 Å². The predicted molar refractivity (Wildman–Crippen MR) is 102 cm³/mol. The summed E-state index contributed by atoms with van der Waals surface area (Å²) in [5, 5.41) is 21.3. The minimum atomic E-state index is -1.28. The largest absolute Gasteiger partial charge is 0.497 e. The van der Waals surface area contributed by atoms with Gasteiger partial charge in [-0.1, -0.05) is 43.7 Å². The Hall–Kier alpha value is -2.69. The van der Waals surface area contributed by atoms with Crippen LogP contribution in [0.1, 0.15) is 37.0 Å². The molecule has 0 aliphatic carbocycles. The molecule has 10 nitrogen and oxygen atoms in total. The maximum Gasteiger partial charge on any atom is 0.409 e. The van der Waals surface area contributed by atoms with E-state index in [0.29, 0.717) is 18.6 Å². The summed E-state index contributed by atoms with van der Waals surface area (Å²) >= 11 is 0.981. The summed E-state index contributed by atoms with van der Waals surface area (Å²) in [6.07, 6.45) is -0.324. The smallest absolute Gasteiger partial charge is 0.409 e. The van der Waals surface area contributed by atoms with Crippen molar-refractivity contribution in [2.75, 3.05) is 13.7 Å². The van der Waals surface area contributed by atoms with Crippen molar-refractivity contribution in [2.45, 2.75) is 43.6 Å². The first kappa shape index (κ1) is 21.6. The molecule has 0 bridgehead atoms. The first-order valence-electron chi connectivity index (χ1n) is 8.77. The van der Waals surface area contributed by atoms with Crippen molar-refractivity contribution in [3.05, 3.63) is 39.9 Å². The van der Waals surface area contributed by atoms with Crippen molar-refractivity contribution in [1.82, 2.24) is 10.2 Å². The highest BCUT2D eigenvalue weighted by Gasteiger charge is 2.43. The Labute approximate surface area is 166 Å². The Morgan fingerprint density at radius 2 is 2.11 bits per heavy atom. The summed E-state index contributed by atoms with van der Waals surface area (Å²) in [5.41, 5.74) is 0.741. The Kier molecular flexibility index (Phi) is 7.73. The van der Waals surface area contributed by atoms with Gasteiger partial charge in [-0.25, -0.2) is 4.79 Å². The van der Waals surface area contributed by atoms with Gasteiger partial charge in [0, 0.05) is 0 Å². The van der Waals surface area contributed by atoms with Gasteiger partial charge in [-0.05, 0) is 24.1 Å². The molecule has 1 aliphatic rings. The topological polar surface area (TPSA) is 131 Å². The van der Waals surface area contributed by atoms with Gasteiger partial charge in [-0.15, -0.1) is 10.1 Å². The number of thioether (sulfide) groups is 1. The van der Waals surface area contributed by atoms with E-state index in [1.165, 1.54) is 7.11 Å². The number of unbranched alkanes of at least 4 members (excludes halogenated alkanes) is 1. The highest BCUT2D eigenvalue weighted by atomic mass is 32.2. The van der Waals surface area contributed by atoms with Crippen LogP contribution in [0.15, 0.2) is 24.3 Å². The van der Waals surface area contributed by atoms with E-state index < -0.39 is 35.2 Å². The number of hydrogen-bond acceptors (Lipinski definition) is 7. The van der Waals surface area contributed by atoms with Gasteiger partial charge in [0.05, 0.1) is 18.4 Å². The molecule has 154 valence electrons. The quantitative estimate of drug-likeness (QED) is 0.441. The van der Waals surface area contributed by atoms with Crippen LogP contribution in [-0.2, 0) is 4.84 Å². The number of benzene rings is 1. The van der Waals surface area contributed by atoms with Crippen LogP contribution in [0.5, 0.6) is 5.75 Å². The minimum absolute atomic E-state index is 0.360. The average molecular weight is 413 g/mol. The van der Waals surface area contributed by atoms with Crippen LogP contribution in [0.3, 0.4) is 0 Å². The summed E-state index contributed by atoms with van der Waals surface area (Å²) in [7, 11) is 1.53. The molecule has 11 heteroatoms. The fourth-order valence-corrected chi connectivity index (χ4v) is 4.10. The van der Waals surface area contributed by atoms with Crippen molar-refractivity contribution in [1.29, 1.82) is 0 Å². The molecule has 1 aromatic carbocycles. The predicted octanol–water partition coefficient (Wildman–Crippen LogP) is 3.27. The third-order valence-corrected chi connectivity index (χ3v) is 5.52. The van der Waals surface area contributed by atoms with Crippen molar-refractivity contribution >= 4 is 23.1 Å². The zero-order valence-electron chi connectivity index (χ0n) is 15.6. The van der Waals surface area contributed by atoms with E-state index in [4.69, 9.17) is 4.74 Å². The highest BCUT2D eigenvalue weighted by Crippen LogP contribution is 2.40. The molecule has 1 fully saturated rings. The molecule has 1 unspecified atom stereocenters. The number of ether oxygens (including phenoxy) is 1. The fourth-order valence-electron chi connectivity index (χ4n) is 3.06. The van der Waals surface area contributed by atoms with Gasteiger partial charge in [0.25, 0.3) is 10.3 Å². The van der Waals surface area contributed by atoms with Crippen LogP contribution in [0.2, 0.25) is 0 Å². The lowest BCUT2D eigenvalue weighted by Gasteiger charge is -2.35. The number of nitrogens with one attached hydrogen (secondary N) is 1. The molecule has 1 heterocycles. The van der Waals surface area contributed by atoms with Gasteiger partial charge in [0.15, 0.2) is 0 Å². The maximum absolute atomic E-state index is 12.1. The molecule has 1 aromatic rings. The van der Waals surface area contributed by atoms with E-state index in [2.05, 4.69) is 10.2 Å². The van der Waals surface area contributed by atoms with Crippen LogP contribution < -0.4 is 10.1 Å². The monoisotopic (exact) mass is 413 g/mol. The SMILES string of the molecule is CCCC[C@@H](CO[N+](=O)[O-])N(C(=O)O)[C@H]1NC(=O)SC1c1ccc(OC)cc1. The van der Waals surface area contributed by atoms with E-state index >= 15 is 0 Å². The second kappa shape index (κ2) is 10.0. The lowest BCUT2D eigenvalue weighted by atomic mass is 10.0. The van der Waals surface area contributed by atoms with Crippen LogP contribution in [-0.4, -0.2) is 52.3 Å². The number of carbonyl (C=O) groups is 2. The summed E-state index contributed by atoms with van der Waals surface area (Å²) in [4.78, 5) is 40.3. The zero-order valence-corrected chi connectivity index (χ0v) is 16.4. The van der Waals surface area contributed by atoms with Crippen molar-refractivity contribution in [3.63, 3.8) is 0 Å². The average Bonchev–Trinajstić information content (AvgIpc) is 3.04. The van der Waals surface area contributed by atoms with E-state index in [1.54, 1.807) is 24.3 Å². The number of rotatable bonds is 10.